The van der Waals surface area contributed by atoms with E-state index in [1.807, 2.05) is 52.1 Å². The fourth-order valence-electron chi connectivity index (χ4n) is 4.62. The summed E-state index contributed by atoms with van der Waals surface area (Å²) in [5.74, 6) is -1.87. The summed E-state index contributed by atoms with van der Waals surface area (Å²) in [6.07, 6.45) is 3.63. The van der Waals surface area contributed by atoms with Crippen molar-refractivity contribution in [3.8, 4) is 5.69 Å². The van der Waals surface area contributed by atoms with Crippen molar-refractivity contribution in [2.24, 2.45) is 0 Å². The average molecular weight is 530 g/mol. The Morgan fingerprint density at radius 3 is 2.63 bits per heavy atom. The van der Waals surface area contributed by atoms with Crippen LogP contribution in [0.4, 0.5) is 10.1 Å². The number of pyridine rings is 1. The van der Waals surface area contributed by atoms with Gasteiger partial charge in [0, 0.05) is 36.7 Å². The minimum absolute atomic E-state index is 0.0663. The number of carbonyl (C=O) groups is 2. The maximum absolute atomic E-state index is 14.0. The molecule has 0 aliphatic carbocycles. The molecule has 192 valence electrons. The molecule has 0 saturated carbocycles. The number of benzene rings is 2. The molecule has 1 fully saturated rings. The fraction of sp³-hybridized carbons (Fsp3) is 0.143. The fourth-order valence-corrected chi connectivity index (χ4v) is 4.96. The molecule has 0 spiro atoms. The first-order valence-corrected chi connectivity index (χ1v) is 12.4. The Morgan fingerprint density at radius 1 is 1.05 bits per heavy atom. The van der Waals surface area contributed by atoms with E-state index < -0.39 is 11.8 Å². The van der Waals surface area contributed by atoms with Gasteiger partial charge in [0.2, 0.25) is 5.91 Å². The van der Waals surface area contributed by atoms with Crippen LogP contribution < -0.4 is 10.6 Å². The molecule has 2 atom stereocenters. The molecule has 1 aliphatic rings. The number of nitrogens with one attached hydrogen (secondary N) is 2. The van der Waals surface area contributed by atoms with Gasteiger partial charge in [-0.2, -0.15) is 0 Å². The highest BCUT2D eigenvalue weighted by molar-refractivity contribution is 7.80. The molecule has 4 aromatic rings. The number of para-hydroxylation sites is 1. The summed E-state index contributed by atoms with van der Waals surface area (Å²) < 4.78 is 15.9. The standard InChI is InChI=1S/C28H24FN5O3S/c29-20-9-1-2-10-21(20)31-24(35)13-16-34-26(25(32-28(34)38)22-11-3-4-14-30-22)23-12-6-15-33(23)19-8-5-7-18(17-19)27(36)37/h1-12,14-15,17,25-26H,13,16H2,(H,31,35)(H,32,38)(H,36,37)/t25-,26-/m1/s1. The van der Waals surface area contributed by atoms with E-state index in [0.29, 0.717) is 10.8 Å². The van der Waals surface area contributed by atoms with Gasteiger partial charge in [-0.15, -0.1) is 0 Å². The number of carbonyl (C=O) groups excluding carboxylic acids is 1. The van der Waals surface area contributed by atoms with Crippen LogP contribution in [0.5, 0.6) is 0 Å². The van der Waals surface area contributed by atoms with Crippen LogP contribution in [-0.2, 0) is 4.79 Å². The monoisotopic (exact) mass is 529 g/mol. The molecular formula is C28H24FN5O3S. The molecule has 10 heteroatoms. The first kappa shape index (κ1) is 25.1. The lowest BCUT2D eigenvalue weighted by atomic mass is 10.0. The predicted octanol–water partition coefficient (Wildman–Crippen LogP) is 4.71. The molecule has 0 unspecified atom stereocenters. The second kappa shape index (κ2) is 10.8. The smallest absolute Gasteiger partial charge is 0.335 e. The number of thiocarbonyl (C=S) groups is 1. The lowest BCUT2D eigenvalue weighted by molar-refractivity contribution is -0.116. The van der Waals surface area contributed by atoms with Gasteiger partial charge in [0.15, 0.2) is 5.11 Å². The van der Waals surface area contributed by atoms with Crippen molar-refractivity contribution in [1.29, 1.82) is 0 Å². The normalized spacial score (nSPS) is 16.8. The second-order valence-electron chi connectivity index (χ2n) is 8.76. The maximum atomic E-state index is 14.0. The minimum atomic E-state index is -1.02. The van der Waals surface area contributed by atoms with E-state index in [1.165, 1.54) is 12.1 Å². The van der Waals surface area contributed by atoms with E-state index in [9.17, 15) is 19.1 Å². The number of hydrogen-bond donors (Lipinski definition) is 3. The summed E-state index contributed by atoms with van der Waals surface area (Å²) in [4.78, 5) is 30.8. The topological polar surface area (TPSA) is 99.5 Å². The van der Waals surface area contributed by atoms with E-state index in [-0.39, 0.29) is 42.2 Å². The molecule has 2 aromatic carbocycles. The third kappa shape index (κ3) is 5.12. The molecule has 1 aliphatic heterocycles. The van der Waals surface area contributed by atoms with Gasteiger partial charge in [-0.1, -0.05) is 24.3 Å². The summed E-state index contributed by atoms with van der Waals surface area (Å²) in [6.45, 7) is 0.264. The van der Waals surface area contributed by atoms with E-state index in [0.717, 1.165) is 11.4 Å². The third-order valence-electron chi connectivity index (χ3n) is 6.38. The molecular weight excluding hydrogens is 505 g/mol. The van der Waals surface area contributed by atoms with Gasteiger partial charge in [0.1, 0.15) is 5.82 Å². The van der Waals surface area contributed by atoms with Gasteiger partial charge in [0.25, 0.3) is 0 Å². The van der Waals surface area contributed by atoms with Crippen molar-refractivity contribution in [2.75, 3.05) is 11.9 Å². The van der Waals surface area contributed by atoms with Crippen molar-refractivity contribution < 1.29 is 19.1 Å². The van der Waals surface area contributed by atoms with Gasteiger partial charge < -0.3 is 25.2 Å². The predicted molar refractivity (Wildman–Crippen MR) is 145 cm³/mol. The number of rotatable bonds is 8. The van der Waals surface area contributed by atoms with Crippen molar-refractivity contribution in [3.05, 3.63) is 114 Å². The lowest BCUT2D eigenvalue weighted by Gasteiger charge is -2.29. The largest absolute Gasteiger partial charge is 0.478 e. The van der Waals surface area contributed by atoms with Gasteiger partial charge >= 0.3 is 5.97 Å². The van der Waals surface area contributed by atoms with E-state index in [4.69, 9.17) is 12.2 Å². The lowest BCUT2D eigenvalue weighted by Crippen LogP contribution is -2.33. The quantitative estimate of drug-likeness (QED) is 0.284. The summed E-state index contributed by atoms with van der Waals surface area (Å²) in [5, 5.41) is 15.9. The molecule has 1 saturated heterocycles. The zero-order valence-electron chi connectivity index (χ0n) is 20.1. The van der Waals surface area contributed by atoms with Gasteiger partial charge in [0.05, 0.1) is 29.0 Å². The first-order valence-electron chi connectivity index (χ1n) is 12.0. The van der Waals surface area contributed by atoms with Gasteiger partial charge in [-0.3, -0.25) is 9.78 Å². The summed E-state index contributed by atoms with van der Waals surface area (Å²) in [6, 6.07) is 21.4. The van der Waals surface area contributed by atoms with Crippen LogP contribution in [0.2, 0.25) is 0 Å². The Kier molecular flexibility index (Phi) is 7.14. The zero-order valence-corrected chi connectivity index (χ0v) is 20.9. The number of halogens is 1. The average Bonchev–Trinajstić information content (AvgIpc) is 3.53. The Hall–Kier alpha value is -4.57. The Morgan fingerprint density at radius 2 is 1.87 bits per heavy atom. The van der Waals surface area contributed by atoms with Crippen LogP contribution in [0.1, 0.15) is 40.3 Å². The highest BCUT2D eigenvalue weighted by Crippen LogP contribution is 2.39. The van der Waals surface area contributed by atoms with Crippen LogP contribution in [0, 0.1) is 5.82 Å². The second-order valence-corrected chi connectivity index (χ2v) is 9.14. The van der Waals surface area contributed by atoms with Crippen LogP contribution in [0.25, 0.3) is 5.69 Å². The van der Waals surface area contributed by atoms with Crippen LogP contribution in [-0.4, -0.2) is 43.1 Å². The Labute approximate surface area is 223 Å². The van der Waals surface area contributed by atoms with E-state index >= 15 is 0 Å². The number of aromatic carboxylic acids is 1. The maximum Gasteiger partial charge on any atom is 0.335 e. The van der Waals surface area contributed by atoms with Gasteiger partial charge in [-0.25, -0.2) is 9.18 Å². The van der Waals surface area contributed by atoms with E-state index in [1.54, 1.807) is 36.5 Å². The van der Waals surface area contributed by atoms with Crippen LogP contribution >= 0.6 is 12.2 Å². The Bertz CT molecular complexity index is 1490. The summed E-state index contributed by atoms with van der Waals surface area (Å²) in [5.41, 5.74) is 2.58. The summed E-state index contributed by atoms with van der Waals surface area (Å²) in [7, 11) is 0. The number of amides is 1. The van der Waals surface area contributed by atoms with Crippen molar-refractivity contribution in [3.63, 3.8) is 0 Å². The minimum Gasteiger partial charge on any atom is -0.478 e. The van der Waals surface area contributed by atoms with Crippen LogP contribution in [0.15, 0.2) is 91.3 Å². The molecule has 0 bridgehead atoms. The molecule has 3 N–H and O–H groups in total. The van der Waals surface area contributed by atoms with E-state index in [2.05, 4.69) is 15.6 Å². The number of anilines is 1. The SMILES string of the molecule is O=C(CCN1C(=S)N[C@H](c2ccccn2)[C@H]1c1cccn1-c1cccc(C(=O)O)c1)Nc1ccccc1F. The molecule has 8 nitrogen and oxygen atoms in total. The van der Waals surface area contributed by atoms with Crippen molar-refractivity contribution in [2.45, 2.75) is 18.5 Å². The molecule has 2 aromatic heterocycles. The summed E-state index contributed by atoms with van der Waals surface area (Å²) >= 11 is 5.69. The number of aromatic nitrogens is 2. The number of nitrogens with zero attached hydrogens (tertiary/aromatic N) is 3. The highest BCUT2D eigenvalue weighted by Gasteiger charge is 2.41. The zero-order chi connectivity index (χ0) is 26.6. The molecule has 3 heterocycles. The molecule has 5 rings (SSSR count). The number of carboxylic acid groups (broad SMARTS) is 1. The Balaban J connectivity index is 1.47. The van der Waals surface area contributed by atoms with Crippen molar-refractivity contribution >= 4 is 34.9 Å². The third-order valence-corrected chi connectivity index (χ3v) is 6.73. The number of carboxylic acids is 1. The first-order chi connectivity index (χ1) is 18.4. The number of hydrogen-bond acceptors (Lipinski definition) is 4. The van der Waals surface area contributed by atoms with Gasteiger partial charge in [-0.05, 0) is 66.8 Å². The highest BCUT2D eigenvalue weighted by atomic mass is 32.1. The molecule has 0 radical (unpaired) electrons. The molecule has 38 heavy (non-hydrogen) atoms. The van der Waals surface area contributed by atoms with Crippen molar-refractivity contribution in [1.82, 2.24) is 19.8 Å². The molecule has 1 amide bonds. The van der Waals surface area contributed by atoms with Crippen LogP contribution in [0.3, 0.4) is 0 Å².